The van der Waals surface area contributed by atoms with E-state index in [1.165, 1.54) is 25.7 Å². The van der Waals surface area contributed by atoms with E-state index in [9.17, 15) is 0 Å². The highest BCUT2D eigenvalue weighted by Gasteiger charge is 2.23. The van der Waals surface area contributed by atoms with Gasteiger partial charge in [0.2, 0.25) is 0 Å². The van der Waals surface area contributed by atoms with Gasteiger partial charge in [-0.25, -0.2) is 0 Å². The summed E-state index contributed by atoms with van der Waals surface area (Å²) >= 11 is 0. The molecule has 1 fully saturated rings. The van der Waals surface area contributed by atoms with E-state index in [1.54, 1.807) is 0 Å². The molecular formula is C14H30N2O. The fourth-order valence-corrected chi connectivity index (χ4v) is 2.57. The van der Waals surface area contributed by atoms with Crippen LogP contribution in [-0.4, -0.2) is 49.8 Å². The lowest BCUT2D eigenvalue weighted by Crippen LogP contribution is -2.48. The van der Waals surface area contributed by atoms with Crippen molar-refractivity contribution in [2.24, 2.45) is 0 Å². The predicted molar refractivity (Wildman–Crippen MR) is 73.4 cm³/mol. The fourth-order valence-electron chi connectivity index (χ4n) is 2.57. The van der Waals surface area contributed by atoms with Crippen molar-refractivity contribution in [3.8, 4) is 0 Å². The summed E-state index contributed by atoms with van der Waals surface area (Å²) < 4.78 is 5.71. The largest absolute Gasteiger partial charge is 0.377 e. The number of nitrogens with one attached hydrogen (secondary N) is 1. The van der Waals surface area contributed by atoms with Gasteiger partial charge in [-0.05, 0) is 46.2 Å². The molecule has 0 aromatic heterocycles. The maximum Gasteiger partial charge on any atom is 0.0702 e. The minimum absolute atomic E-state index is 0.464. The monoisotopic (exact) mass is 242 g/mol. The highest BCUT2D eigenvalue weighted by molar-refractivity contribution is 4.81. The van der Waals surface area contributed by atoms with Crippen molar-refractivity contribution in [1.29, 1.82) is 0 Å². The molecule has 0 spiro atoms. The van der Waals surface area contributed by atoms with Crippen LogP contribution in [0.5, 0.6) is 0 Å². The lowest BCUT2D eigenvalue weighted by molar-refractivity contribution is 0.0636. The van der Waals surface area contributed by atoms with Crippen LogP contribution >= 0.6 is 0 Å². The summed E-state index contributed by atoms with van der Waals surface area (Å²) in [6.07, 6.45) is 5.33. The average Bonchev–Trinajstić information content (AvgIpc) is 2.82. The van der Waals surface area contributed by atoms with E-state index < -0.39 is 0 Å². The van der Waals surface area contributed by atoms with E-state index in [0.29, 0.717) is 18.2 Å². The minimum Gasteiger partial charge on any atom is -0.377 e. The standard InChI is InChI=1S/C14H30N2O/c1-5-9-15-14(6-2)12(3)16(4)11-13-8-7-10-17-13/h12-15H,5-11H2,1-4H3. The molecular weight excluding hydrogens is 212 g/mol. The number of hydrogen-bond acceptors (Lipinski definition) is 3. The number of likely N-dealkylation sites (N-methyl/N-ethyl adjacent to an activating group) is 1. The summed E-state index contributed by atoms with van der Waals surface area (Å²) in [7, 11) is 2.22. The van der Waals surface area contributed by atoms with Gasteiger partial charge in [-0.2, -0.15) is 0 Å². The smallest absolute Gasteiger partial charge is 0.0702 e. The van der Waals surface area contributed by atoms with Crippen LogP contribution in [0.1, 0.15) is 46.5 Å². The van der Waals surface area contributed by atoms with Crippen molar-refractivity contribution in [2.45, 2.75) is 64.6 Å². The number of nitrogens with zero attached hydrogens (tertiary/aromatic N) is 1. The van der Waals surface area contributed by atoms with Crippen molar-refractivity contribution in [2.75, 3.05) is 26.7 Å². The van der Waals surface area contributed by atoms with Gasteiger partial charge < -0.3 is 10.1 Å². The summed E-state index contributed by atoms with van der Waals surface area (Å²) in [6.45, 7) is 9.97. The Morgan fingerprint density at radius 3 is 2.71 bits per heavy atom. The maximum absolute atomic E-state index is 5.71. The zero-order chi connectivity index (χ0) is 12.7. The average molecular weight is 242 g/mol. The lowest BCUT2D eigenvalue weighted by atomic mass is 10.1. The Hall–Kier alpha value is -0.120. The lowest BCUT2D eigenvalue weighted by Gasteiger charge is -2.33. The van der Waals surface area contributed by atoms with E-state index >= 15 is 0 Å². The molecule has 3 heteroatoms. The zero-order valence-corrected chi connectivity index (χ0v) is 12.0. The van der Waals surface area contributed by atoms with E-state index in [1.807, 2.05) is 0 Å². The molecule has 1 heterocycles. The topological polar surface area (TPSA) is 24.5 Å². The first kappa shape index (κ1) is 14.9. The fraction of sp³-hybridized carbons (Fsp3) is 1.00. The van der Waals surface area contributed by atoms with E-state index in [2.05, 4.69) is 38.0 Å². The number of ether oxygens (including phenoxy) is 1. The molecule has 102 valence electrons. The third kappa shape index (κ3) is 4.94. The predicted octanol–water partition coefficient (Wildman–Crippen LogP) is 2.26. The zero-order valence-electron chi connectivity index (χ0n) is 12.0. The normalized spacial score (nSPS) is 24.2. The molecule has 0 aromatic carbocycles. The molecule has 1 rings (SSSR count). The molecule has 0 aromatic rings. The second-order valence-corrected chi connectivity index (χ2v) is 5.28. The van der Waals surface area contributed by atoms with Gasteiger partial charge in [0.25, 0.3) is 0 Å². The molecule has 0 bridgehead atoms. The Bertz CT molecular complexity index is 193. The van der Waals surface area contributed by atoms with Crippen molar-refractivity contribution in [3.63, 3.8) is 0 Å². The van der Waals surface area contributed by atoms with E-state index in [-0.39, 0.29) is 0 Å². The summed E-state index contributed by atoms with van der Waals surface area (Å²) in [4.78, 5) is 2.45. The highest BCUT2D eigenvalue weighted by atomic mass is 16.5. The van der Waals surface area contributed by atoms with E-state index in [4.69, 9.17) is 4.74 Å². The molecule has 1 saturated heterocycles. The first-order chi connectivity index (χ1) is 8.19. The second kappa shape index (κ2) is 8.06. The van der Waals surface area contributed by atoms with Crippen LogP contribution in [-0.2, 0) is 4.74 Å². The first-order valence-electron chi connectivity index (χ1n) is 7.24. The Kier molecular flexibility index (Phi) is 7.09. The Morgan fingerprint density at radius 1 is 1.41 bits per heavy atom. The van der Waals surface area contributed by atoms with Crippen LogP contribution in [0.2, 0.25) is 0 Å². The maximum atomic E-state index is 5.71. The third-order valence-electron chi connectivity index (χ3n) is 3.89. The Balaban J connectivity index is 2.33. The van der Waals surface area contributed by atoms with Crippen LogP contribution in [0.25, 0.3) is 0 Å². The van der Waals surface area contributed by atoms with Gasteiger partial charge in [0.15, 0.2) is 0 Å². The Morgan fingerprint density at radius 2 is 2.18 bits per heavy atom. The molecule has 0 saturated carbocycles. The van der Waals surface area contributed by atoms with Crippen molar-refractivity contribution >= 4 is 0 Å². The quantitative estimate of drug-likeness (QED) is 0.706. The van der Waals surface area contributed by atoms with Gasteiger partial charge in [-0.15, -0.1) is 0 Å². The van der Waals surface area contributed by atoms with Crippen LogP contribution in [0.4, 0.5) is 0 Å². The van der Waals surface area contributed by atoms with Crippen LogP contribution < -0.4 is 5.32 Å². The summed E-state index contributed by atoms with van der Waals surface area (Å²) in [6, 6.07) is 1.18. The third-order valence-corrected chi connectivity index (χ3v) is 3.89. The van der Waals surface area contributed by atoms with Crippen molar-refractivity contribution in [1.82, 2.24) is 10.2 Å². The molecule has 0 amide bonds. The van der Waals surface area contributed by atoms with Gasteiger partial charge in [0.1, 0.15) is 0 Å². The van der Waals surface area contributed by atoms with Gasteiger partial charge >= 0.3 is 0 Å². The SMILES string of the molecule is CCCNC(CC)C(C)N(C)CC1CCCO1. The van der Waals surface area contributed by atoms with Gasteiger partial charge in [0.05, 0.1) is 6.10 Å². The number of rotatable bonds is 8. The molecule has 3 nitrogen and oxygen atoms in total. The molecule has 0 radical (unpaired) electrons. The van der Waals surface area contributed by atoms with Crippen LogP contribution in [0.15, 0.2) is 0 Å². The van der Waals surface area contributed by atoms with Gasteiger partial charge in [-0.1, -0.05) is 13.8 Å². The van der Waals surface area contributed by atoms with Crippen LogP contribution in [0, 0.1) is 0 Å². The number of hydrogen-bond donors (Lipinski definition) is 1. The summed E-state index contributed by atoms with van der Waals surface area (Å²) in [5, 5.41) is 3.64. The van der Waals surface area contributed by atoms with Gasteiger partial charge in [0, 0.05) is 25.2 Å². The van der Waals surface area contributed by atoms with Crippen molar-refractivity contribution < 1.29 is 4.74 Å². The highest BCUT2D eigenvalue weighted by Crippen LogP contribution is 2.15. The minimum atomic E-state index is 0.464. The van der Waals surface area contributed by atoms with E-state index in [0.717, 1.165) is 19.7 Å². The summed E-state index contributed by atoms with van der Waals surface area (Å²) in [5.41, 5.74) is 0. The van der Waals surface area contributed by atoms with Crippen LogP contribution in [0.3, 0.4) is 0 Å². The Labute approximate surface area is 107 Å². The molecule has 1 aliphatic heterocycles. The van der Waals surface area contributed by atoms with Crippen molar-refractivity contribution in [3.05, 3.63) is 0 Å². The molecule has 1 N–H and O–H groups in total. The van der Waals surface area contributed by atoms with Gasteiger partial charge in [-0.3, -0.25) is 4.90 Å². The first-order valence-corrected chi connectivity index (χ1v) is 7.24. The molecule has 0 aliphatic carbocycles. The summed E-state index contributed by atoms with van der Waals surface area (Å²) in [5.74, 6) is 0. The molecule has 3 atom stereocenters. The molecule has 17 heavy (non-hydrogen) atoms. The molecule has 1 aliphatic rings. The second-order valence-electron chi connectivity index (χ2n) is 5.28. The molecule has 3 unspecified atom stereocenters.